The number of methoxy groups -OCH3 is 1. The second-order valence-electron chi connectivity index (χ2n) is 6.63. The van der Waals surface area contributed by atoms with Crippen LogP contribution in [0.4, 0.5) is 4.79 Å². The Morgan fingerprint density at radius 1 is 1.36 bits per heavy atom. The number of allylic oxidation sites excluding steroid dienone is 3. The lowest BCUT2D eigenvalue weighted by Crippen LogP contribution is -2.18. The number of ether oxygens (including phenoxy) is 1. The minimum atomic E-state index is -0.607. The lowest BCUT2D eigenvalue weighted by molar-refractivity contribution is -0.102. The molecule has 0 saturated heterocycles. The summed E-state index contributed by atoms with van der Waals surface area (Å²) in [4.78, 5) is 26.5. The summed E-state index contributed by atoms with van der Waals surface area (Å²) < 4.78 is 5.38. The molecule has 1 aromatic heterocycles. The van der Waals surface area contributed by atoms with Crippen molar-refractivity contribution in [2.45, 2.75) is 32.1 Å². The highest BCUT2D eigenvalue weighted by Gasteiger charge is 2.39. The highest BCUT2D eigenvalue weighted by atomic mass is 16.5. The van der Waals surface area contributed by atoms with Crippen LogP contribution in [-0.2, 0) is 9.53 Å². The van der Waals surface area contributed by atoms with E-state index in [1.54, 1.807) is 13.2 Å². The molecule has 0 radical (unpaired) electrons. The van der Waals surface area contributed by atoms with Crippen molar-refractivity contribution in [3.8, 4) is 11.8 Å². The molecule has 0 aromatic carbocycles. The molecule has 144 valence electrons. The van der Waals surface area contributed by atoms with Crippen LogP contribution >= 0.6 is 0 Å². The lowest BCUT2D eigenvalue weighted by atomic mass is 10.0. The van der Waals surface area contributed by atoms with E-state index in [2.05, 4.69) is 44.5 Å². The van der Waals surface area contributed by atoms with E-state index in [1.807, 2.05) is 6.92 Å². The van der Waals surface area contributed by atoms with Crippen molar-refractivity contribution in [3.63, 3.8) is 0 Å². The molecule has 2 aliphatic rings. The Morgan fingerprint density at radius 2 is 2.14 bits per heavy atom. The fourth-order valence-corrected chi connectivity index (χ4v) is 3.10. The van der Waals surface area contributed by atoms with Gasteiger partial charge in [0.1, 0.15) is 17.2 Å². The van der Waals surface area contributed by atoms with Crippen molar-refractivity contribution in [1.29, 1.82) is 0 Å². The molecule has 2 amide bonds. The molecule has 2 unspecified atom stereocenters. The van der Waals surface area contributed by atoms with Crippen LogP contribution in [0.2, 0.25) is 0 Å². The zero-order valence-electron chi connectivity index (χ0n) is 16.2. The second-order valence-corrected chi connectivity index (χ2v) is 6.63. The molecule has 1 heterocycles. The maximum atomic E-state index is 11.4. The van der Waals surface area contributed by atoms with Gasteiger partial charge in [0, 0.05) is 18.9 Å². The van der Waals surface area contributed by atoms with Crippen LogP contribution in [0.3, 0.4) is 0 Å². The summed E-state index contributed by atoms with van der Waals surface area (Å²) in [6.45, 7) is 1.88. The maximum Gasteiger partial charge on any atom is 0.341 e. The average Bonchev–Trinajstić information content (AvgIpc) is 3.50. The Bertz CT molecular complexity index is 950. The van der Waals surface area contributed by atoms with Gasteiger partial charge in [-0.15, -0.1) is 5.10 Å². The van der Waals surface area contributed by atoms with E-state index in [9.17, 15) is 9.59 Å². The fourth-order valence-electron chi connectivity index (χ4n) is 3.10. The number of hydrogen-bond acceptors (Lipinski definition) is 5. The zero-order chi connectivity index (χ0) is 20.1. The molecule has 1 saturated carbocycles. The molecule has 7 nitrogen and oxygen atoms in total. The minimum absolute atomic E-state index is 0.0429. The summed E-state index contributed by atoms with van der Waals surface area (Å²) in [7, 11) is 3.10. The van der Waals surface area contributed by atoms with Crippen LogP contribution in [-0.4, -0.2) is 42.4 Å². The van der Waals surface area contributed by atoms with E-state index >= 15 is 0 Å². The molecular weight excluding hydrogens is 356 g/mol. The van der Waals surface area contributed by atoms with Gasteiger partial charge in [-0.25, -0.2) is 4.79 Å². The summed E-state index contributed by atoms with van der Waals surface area (Å²) in [6, 6.07) is 1.18. The van der Waals surface area contributed by atoms with Crippen LogP contribution in [0.15, 0.2) is 34.5 Å². The summed E-state index contributed by atoms with van der Waals surface area (Å²) >= 11 is 0. The Labute approximate surface area is 164 Å². The van der Waals surface area contributed by atoms with Crippen molar-refractivity contribution >= 4 is 18.0 Å². The van der Waals surface area contributed by atoms with Crippen molar-refractivity contribution in [2.75, 3.05) is 14.2 Å². The monoisotopic (exact) mass is 378 g/mol. The van der Waals surface area contributed by atoms with Gasteiger partial charge >= 0.3 is 6.03 Å². The number of nitrogens with one attached hydrogen (secondary N) is 1. The molecule has 0 spiro atoms. The molecule has 7 heteroatoms. The molecular formula is C21H22N4O3. The van der Waals surface area contributed by atoms with Gasteiger partial charge in [-0.1, -0.05) is 17.9 Å². The summed E-state index contributed by atoms with van der Waals surface area (Å²) in [6.07, 6.45) is 7.54. The summed E-state index contributed by atoms with van der Waals surface area (Å²) in [5, 5.41) is 10.5. The third-order valence-electron chi connectivity index (χ3n) is 4.74. The fraction of sp³-hybridized carbons (Fsp3) is 0.381. The summed E-state index contributed by atoms with van der Waals surface area (Å²) in [5.74, 6) is 7.83. The summed E-state index contributed by atoms with van der Waals surface area (Å²) in [5.41, 5.74) is 2.95. The molecule has 1 aromatic rings. The van der Waals surface area contributed by atoms with Crippen LogP contribution < -0.4 is 5.32 Å². The van der Waals surface area contributed by atoms with E-state index in [0.717, 1.165) is 41.9 Å². The van der Waals surface area contributed by atoms with Gasteiger partial charge in [0.2, 0.25) is 0 Å². The number of aldehydes is 1. The SMILES string of the molecule is CNC(=O)/N=C(\C=O)c1cc(C2CC2C#CC2=CCCC=C2OC)c(C)nn1. The number of aliphatic imine (C=N–C) groups is 1. The molecule has 1 fully saturated rings. The van der Waals surface area contributed by atoms with Crippen molar-refractivity contribution < 1.29 is 14.3 Å². The van der Waals surface area contributed by atoms with Crippen molar-refractivity contribution in [3.05, 3.63) is 46.5 Å². The Hall–Kier alpha value is -3.27. The van der Waals surface area contributed by atoms with Crippen molar-refractivity contribution in [2.24, 2.45) is 10.9 Å². The van der Waals surface area contributed by atoms with Gasteiger partial charge < -0.3 is 10.1 Å². The van der Waals surface area contributed by atoms with E-state index in [0.29, 0.717) is 6.29 Å². The van der Waals surface area contributed by atoms with Crippen molar-refractivity contribution in [1.82, 2.24) is 15.5 Å². The number of carbonyl (C=O) groups is 2. The number of rotatable bonds is 4. The van der Waals surface area contributed by atoms with Gasteiger partial charge in [0.05, 0.1) is 18.4 Å². The number of aryl methyl sites for hydroxylation is 1. The maximum absolute atomic E-state index is 11.4. The third kappa shape index (κ3) is 4.34. The number of carbonyl (C=O) groups excluding carboxylic acids is 2. The predicted octanol–water partition coefficient (Wildman–Crippen LogP) is 2.47. The zero-order valence-corrected chi connectivity index (χ0v) is 16.2. The molecule has 0 bridgehead atoms. The molecule has 1 N–H and O–H groups in total. The molecule has 2 aliphatic carbocycles. The Balaban J connectivity index is 1.79. The number of amides is 2. The molecule has 3 rings (SSSR count). The van der Waals surface area contributed by atoms with Crippen LogP contribution in [0.5, 0.6) is 0 Å². The van der Waals surface area contributed by atoms with Crippen LogP contribution in [0.1, 0.15) is 42.1 Å². The second kappa shape index (κ2) is 8.61. The average molecular weight is 378 g/mol. The highest BCUT2D eigenvalue weighted by Crippen LogP contribution is 2.48. The third-order valence-corrected chi connectivity index (χ3v) is 4.74. The van der Waals surface area contributed by atoms with Gasteiger partial charge in [0.25, 0.3) is 0 Å². The molecule has 0 aliphatic heterocycles. The van der Waals surface area contributed by atoms with Gasteiger partial charge in [-0.3, -0.25) is 4.79 Å². The smallest absolute Gasteiger partial charge is 0.341 e. The number of hydrogen-bond donors (Lipinski definition) is 1. The number of nitrogens with zero attached hydrogens (tertiary/aromatic N) is 3. The van der Waals surface area contributed by atoms with Crippen LogP contribution in [0, 0.1) is 24.7 Å². The van der Waals surface area contributed by atoms with E-state index in [4.69, 9.17) is 4.74 Å². The Kier molecular flexibility index (Phi) is 5.99. The van der Waals surface area contributed by atoms with Gasteiger partial charge in [-0.05, 0) is 43.9 Å². The minimum Gasteiger partial charge on any atom is -0.496 e. The first kappa shape index (κ1) is 19.5. The molecule has 28 heavy (non-hydrogen) atoms. The first-order valence-electron chi connectivity index (χ1n) is 9.13. The largest absolute Gasteiger partial charge is 0.496 e. The predicted molar refractivity (Wildman–Crippen MR) is 105 cm³/mol. The van der Waals surface area contributed by atoms with E-state index < -0.39 is 6.03 Å². The lowest BCUT2D eigenvalue weighted by Gasteiger charge is -2.09. The number of urea groups is 1. The quantitative estimate of drug-likeness (QED) is 0.493. The van der Waals surface area contributed by atoms with Crippen LogP contribution in [0.25, 0.3) is 0 Å². The topological polar surface area (TPSA) is 93.5 Å². The van der Waals surface area contributed by atoms with E-state index in [1.165, 1.54) is 7.05 Å². The van der Waals surface area contributed by atoms with E-state index in [-0.39, 0.29) is 23.2 Å². The Morgan fingerprint density at radius 3 is 2.86 bits per heavy atom. The van der Waals surface area contributed by atoms with Gasteiger partial charge in [0.15, 0.2) is 6.29 Å². The standard InChI is InChI=1S/C21H22N4O3/c1-13-16(11-18(25-24-13)19(12-26)23-21(27)22-2)17-10-15(17)9-8-14-6-4-5-7-20(14)28-3/h6-7,11-12,15,17H,4-5,10H2,1-3H3,(H,22,27)/b23-19+. The first-order chi connectivity index (χ1) is 13.6. The first-order valence-corrected chi connectivity index (χ1v) is 9.13. The normalized spacial score (nSPS) is 20.9. The number of aromatic nitrogens is 2. The highest BCUT2D eigenvalue weighted by molar-refractivity contribution is 6.37. The van der Waals surface area contributed by atoms with Gasteiger partial charge in [-0.2, -0.15) is 10.1 Å². The molecule has 2 atom stereocenters.